The molecule has 3 rings (SSSR count). The maximum Gasteiger partial charge on any atom is 0.0186 e. The zero-order chi connectivity index (χ0) is 10.1. The van der Waals surface area contributed by atoms with E-state index in [9.17, 15) is 0 Å². The van der Waals surface area contributed by atoms with E-state index in [-0.39, 0.29) is 0 Å². The summed E-state index contributed by atoms with van der Waals surface area (Å²) in [7, 11) is 0. The molecule has 1 aromatic heterocycles. The fourth-order valence-corrected chi connectivity index (χ4v) is 2.48. The molecule has 2 aromatic rings. The molecule has 1 heteroatoms. The molecule has 0 unspecified atom stereocenters. The summed E-state index contributed by atoms with van der Waals surface area (Å²) in [5.41, 5.74) is 5.76. The summed E-state index contributed by atoms with van der Waals surface area (Å²) in [5.74, 6) is 0. The van der Waals surface area contributed by atoms with Crippen LogP contribution >= 0.6 is 0 Å². The first-order valence-corrected chi connectivity index (χ1v) is 5.70. The topological polar surface area (TPSA) is 15.8 Å². The Kier molecular flexibility index (Phi) is 2.09. The van der Waals surface area contributed by atoms with E-state index in [2.05, 4.69) is 41.5 Å². The van der Waals surface area contributed by atoms with Crippen LogP contribution in [-0.2, 0) is 12.8 Å². The Balaban J connectivity index is 2.09. The molecule has 0 saturated heterocycles. The average Bonchev–Trinajstić information content (AvgIpc) is 2.74. The van der Waals surface area contributed by atoms with E-state index in [1.165, 1.54) is 42.5 Å². The van der Waals surface area contributed by atoms with Gasteiger partial charge in [0.15, 0.2) is 0 Å². The first kappa shape index (κ1) is 8.78. The molecular formula is C14H15N. The van der Waals surface area contributed by atoms with Gasteiger partial charge in [-0.3, -0.25) is 0 Å². The molecule has 15 heavy (non-hydrogen) atoms. The largest absolute Gasteiger partial charge is 0.364 e. The Hall–Kier alpha value is -1.50. The Labute approximate surface area is 90.2 Å². The molecule has 76 valence electrons. The number of aromatic nitrogens is 1. The van der Waals surface area contributed by atoms with Gasteiger partial charge >= 0.3 is 0 Å². The number of nitrogens with one attached hydrogen (secondary N) is 1. The van der Waals surface area contributed by atoms with Gasteiger partial charge in [-0.05, 0) is 36.8 Å². The molecule has 0 fully saturated rings. The van der Waals surface area contributed by atoms with Gasteiger partial charge in [-0.2, -0.15) is 0 Å². The second-order valence-corrected chi connectivity index (χ2v) is 4.23. The van der Waals surface area contributed by atoms with Crippen molar-refractivity contribution in [2.45, 2.75) is 25.7 Å². The van der Waals surface area contributed by atoms with E-state index < -0.39 is 0 Å². The summed E-state index contributed by atoms with van der Waals surface area (Å²) in [6, 6.07) is 10.7. The number of rotatable bonds is 1. The normalized spacial score (nSPS) is 14.9. The highest BCUT2D eigenvalue weighted by molar-refractivity contribution is 5.68. The van der Waals surface area contributed by atoms with Crippen molar-refractivity contribution in [2.24, 2.45) is 0 Å². The summed E-state index contributed by atoms with van der Waals surface area (Å²) in [6.07, 6.45) is 7.31. The third-order valence-electron chi connectivity index (χ3n) is 3.27. The van der Waals surface area contributed by atoms with Gasteiger partial charge in [0, 0.05) is 17.5 Å². The fourth-order valence-electron chi connectivity index (χ4n) is 2.48. The second-order valence-electron chi connectivity index (χ2n) is 4.23. The van der Waals surface area contributed by atoms with Crippen LogP contribution in [-0.4, -0.2) is 4.98 Å². The van der Waals surface area contributed by atoms with E-state index in [0.717, 1.165) is 0 Å². The van der Waals surface area contributed by atoms with Crippen molar-refractivity contribution in [1.82, 2.24) is 4.98 Å². The van der Waals surface area contributed by atoms with E-state index >= 15 is 0 Å². The number of benzene rings is 1. The summed E-state index contributed by atoms with van der Waals surface area (Å²) in [6.45, 7) is 0. The molecule has 1 aliphatic carbocycles. The van der Waals surface area contributed by atoms with Crippen LogP contribution in [0.3, 0.4) is 0 Å². The molecule has 0 spiro atoms. The predicted octanol–water partition coefficient (Wildman–Crippen LogP) is 3.56. The fraction of sp³-hybridized carbons (Fsp3) is 0.286. The predicted molar refractivity (Wildman–Crippen MR) is 62.9 cm³/mol. The highest BCUT2D eigenvalue weighted by Gasteiger charge is 2.15. The zero-order valence-electron chi connectivity index (χ0n) is 8.79. The van der Waals surface area contributed by atoms with Crippen LogP contribution in [0, 0.1) is 0 Å². The van der Waals surface area contributed by atoms with Gasteiger partial charge in [0.1, 0.15) is 0 Å². The van der Waals surface area contributed by atoms with Crippen molar-refractivity contribution in [2.75, 3.05) is 0 Å². The van der Waals surface area contributed by atoms with Crippen LogP contribution < -0.4 is 0 Å². The minimum atomic E-state index is 1.22. The van der Waals surface area contributed by atoms with Gasteiger partial charge < -0.3 is 4.98 Å². The van der Waals surface area contributed by atoms with Crippen molar-refractivity contribution in [3.8, 4) is 11.1 Å². The lowest BCUT2D eigenvalue weighted by Crippen LogP contribution is -2.01. The zero-order valence-corrected chi connectivity index (χ0v) is 8.79. The molecule has 1 nitrogen and oxygen atoms in total. The van der Waals surface area contributed by atoms with E-state index in [0.29, 0.717) is 0 Å². The van der Waals surface area contributed by atoms with Crippen LogP contribution in [0.25, 0.3) is 11.1 Å². The molecule has 0 aliphatic heterocycles. The summed E-state index contributed by atoms with van der Waals surface area (Å²) in [4.78, 5) is 3.42. The van der Waals surface area contributed by atoms with E-state index in [1.54, 1.807) is 5.56 Å². The van der Waals surface area contributed by atoms with Crippen LogP contribution in [0.5, 0.6) is 0 Å². The Morgan fingerprint density at radius 2 is 1.73 bits per heavy atom. The van der Waals surface area contributed by atoms with Gasteiger partial charge in [-0.25, -0.2) is 0 Å². The molecule has 0 atom stereocenters. The minimum absolute atomic E-state index is 1.22. The van der Waals surface area contributed by atoms with Crippen molar-refractivity contribution >= 4 is 0 Å². The van der Waals surface area contributed by atoms with Gasteiger partial charge in [0.05, 0.1) is 0 Å². The van der Waals surface area contributed by atoms with Crippen LogP contribution in [0.1, 0.15) is 24.1 Å². The lowest BCUT2D eigenvalue weighted by atomic mass is 9.92. The molecule has 0 radical (unpaired) electrons. The van der Waals surface area contributed by atoms with Crippen molar-refractivity contribution in [1.29, 1.82) is 0 Å². The van der Waals surface area contributed by atoms with Gasteiger partial charge in [0.2, 0.25) is 0 Å². The third kappa shape index (κ3) is 1.48. The van der Waals surface area contributed by atoms with E-state index in [4.69, 9.17) is 0 Å². The molecule has 0 saturated carbocycles. The second kappa shape index (κ2) is 3.58. The number of fused-ring (bicyclic) bond motifs is 1. The standard InChI is InChI=1S/C14H15N/c1-2-6-11(7-3-1)13-10-15-14-9-5-4-8-12(13)14/h1-3,6-7,10,15H,4-5,8-9H2. The minimum Gasteiger partial charge on any atom is -0.364 e. The maximum absolute atomic E-state index is 3.42. The highest BCUT2D eigenvalue weighted by atomic mass is 14.7. The number of aryl methyl sites for hydroxylation is 1. The number of hydrogen-bond donors (Lipinski definition) is 1. The van der Waals surface area contributed by atoms with Crippen LogP contribution in [0.2, 0.25) is 0 Å². The van der Waals surface area contributed by atoms with Crippen LogP contribution in [0.15, 0.2) is 36.5 Å². The van der Waals surface area contributed by atoms with E-state index in [1.807, 2.05) is 0 Å². The molecule has 1 N–H and O–H groups in total. The number of hydrogen-bond acceptors (Lipinski definition) is 0. The van der Waals surface area contributed by atoms with Gasteiger partial charge in [-0.1, -0.05) is 30.3 Å². The Morgan fingerprint density at radius 1 is 0.933 bits per heavy atom. The molecule has 0 amide bonds. The van der Waals surface area contributed by atoms with Crippen LogP contribution in [0.4, 0.5) is 0 Å². The Bertz CT molecular complexity index is 453. The van der Waals surface area contributed by atoms with Gasteiger partial charge in [0.25, 0.3) is 0 Å². The van der Waals surface area contributed by atoms with Gasteiger partial charge in [-0.15, -0.1) is 0 Å². The lowest BCUT2D eigenvalue weighted by Gasteiger charge is -2.12. The summed E-state index contributed by atoms with van der Waals surface area (Å²) >= 11 is 0. The third-order valence-corrected chi connectivity index (χ3v) is 3.27. The first-order chi connectivity index (χ1) is 7.45. The summed E-state index contributed by atoms with van der Waals surface area (Å²) in [5, 5.41) is 0. The maximum atomic E-state index is 3.42. The monoisotopic (exact) mass is 197 g/mol. The first-order valence-electron chi connectivity index (χ1n) is 5.70. The SMILES string of the molecule is c1ccc(-c2c[nH]c3c2CCCC3)cc1. The number of aromatic amines is 1. The van der Waals surface area contributed by atoms with Crippen molar-refractivity contribution < 1.29 is 0 Å². The van der Waals surface area contributed by atoms with Crippen molar-refractivity contribution in [3.05, 3.63) is 47.8 Å². The number of H-pyrrole nitrogens is 1. The quantitative estimate of drug-likeness (QED) is 0.719. The molecular weight excluding hydrogens is 182 g/mol. The molecule has 1 aliphatic rings. The average molecular weight is 197 g/mol. The molecule has 0 bridgehead atoms. The smallest absolute Gasteiger partial charge is 0.0186 e. The summed E-state index contributed by atoms with van der Waals surface area (Å²) < 4.78 is 0. The van der Waals surface area contributed by atoms with Crippen molar-refractivity contribution in [3.63, 3.8) is 0 Å². The molecule has 1 heterocycles. The molecule has 1 aromatic carbocycles. The Morgan fingerprint density at radius 3 is 2.60 bits per heavy atom. The lowest BCUT2D eigenvalue weighted by molar-refractivity contribution is 0.678. The highest BCUT2D eigenvalue weighted by Crippen LogP contribution is 2.31.